The Morgan fingerprint density at radius 3 is 3.10 bits per heavy atom. The molecule has 0 radical (unpaired) electrons. The molecule has 1 N–H and O–H groups in total. The van der Waals surface area contributed by atoms with Gasteiger partial charge in [-0.25, -0.2) is 0 Å². The number of halogens is 1. The normalized spacial score (nSPS) is 13.2. The van der Waals surface area contributed by atoms with Crippen LogP contribution in [-0.4, -0.2) is 28.6 Å². The molecule has 0 saturated carbocycles. The van der Waals surface area contributed by atoms with Crippen LogP contribution < -0.4 is 0 Å². The van der Waals surface area contributed by atoms with Crippen molar-refractivity contribution in [2.75, 3.05) is 13.7 Å². The fourth-order valence-corrected chi connectivity index (χ4v) is 4.68. The topological polar surface area (TPSA) is 47.3 Å². The average Bonchev–Trinajstić information content (AvgIpc) is 3.09. The molecule has 1 atom stereocenters. The highest BCUT2D eigenvalue weighted by molar-refractivity contribution is 9.10. The number of aliphatic hydroxyl groups is 1. The number of aliphatic hydroxyl groups excluding tert-OH is 1. The zero-order valence-corrected chi connectivity index (χ0v) is 14.0. The van der Waals surface area contributed by atoms with Gasteiger partial charge in [-0.3, -0.25) is 4.68 Å². The fraction of sp³-hybridized carbons (Fsp3) is 0.308. The maximum Gasteiger partial charge on any atom is 0.131 e. The van der Waals surface area contributed by atoms with Crippen LogP contribution in [0.3, 0.4) is 0 Å². The summed E-state index contributed by atoms with van der Waals surface area (Å²) in [6.07, 6.45) is 1.04. The van der Waals surface area contributed by atoms with Crippen LogP contribution in [0.25, 0.3) is 9.40 Å². The highest BCUT2D eigenvalue weighted by Crippen LogP contribution is 2.37. The minimum Gasteiger partial charge on any atom is -0.383 e. The van der Waals surface area contributed by atoms with E-state index in [0.717, 1.165) is 15.0 Å². The molecule has 3 aromatic heterocycles. The monoisotopic (exact) mass is 372 g/mol. The lowest BCUT2D eigenvalue weighted by Crippen LogP contribution is -2.13. The minimum absolute atomic E-state index is 0.563. The van der Waals surface area contributed by atoms with E-state index in [0.29, 0.717) is 13.2 Å². The third kappa shape index (κ3) is 2.56. The molecule has 0 saturated heterocycles. The van der Waals surface area contributed by atoms with E-state index < -0.39 is 6.10 Å². The van der Waals surface area contributed by atoms with Gasteiger partial charge in [0.1, 0.15) is 6.10 Å². The van der Waals surface area contributed by atoms with Gasteiger partial charge >= 0.3 is 0 Å². The molecule has 106 valence electrons. The Balaban J connectivity index is 1.95. The fourth-order valence-electron chi connectivity index (χ4n) is 2.05. The molecule has 0 aliphatic heterocycles. The summed E-state index contributed by atoms with van der Waals surface area (Å²) >= 11 is 6.77. The molecule has 0 spiro atoms. The number of thiophene rings is 2. The molecule has 0 aliphatic rings. The number of hydrogen-bond donors (Lipinski definition) is 1. The Kier molecular flexibility index (Phi) is 4.23. The first-order chi connectivity index (χ1) is 9.70. The first-order valence-corrected chi connectivity index (χ1v) is 8.54. The van der Waals surface area contributed by atoms with Crippen LogP contribution in [0.1, 0.15) is 16.7 Å². The molecule has 0 bridgehead atoms. The lowest BCUT2D eigenvalue weighted by Gasteiger charge is -2.12. The molecule has 1 unspecified atom stereocenters. The highest BCUT2D eigenvalue weighted by atomic mass is 79.9. The van der Waals surface area contributed by atoms with Gasteiger partial charge in [0.2, 0.25) is 0 Å². The lowest BCUT2D eigenvalue weighted by molar-refractivity contribution is 0.172. The van der Waals surface area contributed by atoms with E-state index in [4.69, 9.17) is 4.74 Å². The number of aromatic nitrogens is 2. The second-order valence-corrected chi connectivity index (χ2v) is 7.21. The summed E-state index contributed by atoms with van der Waals surface area (Å²) in [6.45, 7) is 1.18. The Hall–Kier alpha value is -0.730. The average molecular weight is 373 g/mol. The van der Waals surface area contributed by atoms with Crippen molar-refractivity contribution in [1.82, 2.24) is 9.78 Å². The van der Waals surface area contributed by atoms with Crippen LogP contribution in [0.4, 0.5) is 0 Å². The molecule has 3 rings (SSSR count). The van der Waals surface area contributed by atoms with Gasteiger partial charge in [0.15, 0.2) is 0 Å². The van der Waals surface area contributed by atoms with Crippen molar-refractivity contribution in [3.05, 3.63) is 38.8 Å². The molecule has 0 aromatic carbocycles. The third-order valence-corrected chi connectivity index (χ3v) is 5.78. The minimum atomic E-state index is -0.673. The van der Waals surface area contributed by atoms with Gasteiger partial charge in [-0.2, -0.15) is 5.10 Å². The van der Waals surface area contributed by atoms with Gasteiger partial charge in [0.25, 0.3) is 0 Å². The van der Waals surface area contributed by atoms with E-state index in [1.165, 1.54) is 9.40 Å². The number of fused-ring (bicyclic) bond motifs is 1. The molecule has 0 fully saturated rings. The summed E-state index contributed by atoms with van der Waals surface area (Å²) in [5, 5.41) is 17.0. The van der Waals surface area contributed by atoms with Crippen LogP contribution in [-0.2, 0) is 11.3 Å². The summed E-state index contributed by atoms with van der Waals surface area (Å²) in [5.74, 6) is 0. The van der Waals surface area contributed by atoms with E-state index in [1.807, 2.05) is 0 Å². The van der Waals surface area contributed by atoms with E-state index in [2.05, 4.69) is 38.5 Å². The molecule has 4 nitrogen and oxygen atoms in total. The predicted molar refractivity (Wildman–Crippen MR) is 85.6 cm³/mol. The Labute approximate surface area is 132 Å². The molecule has 7 heteroatoms. The van der Waals surface area contributed by atoms with Gasteiger partial charge in [-0.05, 0) is 33.4 Å². The van der Waals surface area contributed by atoms with Crippen molar-refractivity contribution >= 4 is 48.0 Å². The maximum absolute atomic E-state index is 10.6. The molecular weight excluding hydrogens is 360 g/mol. The first-order valence-electron chi connectivity index (χ1n) is 6.06. The van der Waals surface area contributed by atoms with Gasteiger partial charge in [0.05, 0.1) is 29.5 Å². The standard InChI is InChI=1S/C13H13BrN2O2S2/c1-18-4-3-16-12(8(14)7-15-16)13(17)11-6-10-9(20-11)2-5-19-10/h2,5-7,13,17H,3-4H2,1H3. The number of methoxy groups -OCH3 is 1. The van der Waals surface area contributed by atoms with Crippen molar-refractivity contribution in [2.45, 2.75) is 12.6 Å². The lowest BCUT2D eigenvalue weighted by atomic mass is 10.2. The number of rotatable bonds is 5. The van der Waals surface area contributed by atoms with Gasteiger partial charge in [-0.15, -0.1) is 22.7 Å². The van der Waals surface area contributed by atoms with E-state index in [9.17, 15) is 5.11 Å². The van der Waals surface area contributed by atoms with Crippen molar-refractivity contribution in [3.8, 4) is 0 Å². The van der Waals surface area contributed by atoms with Crippen molar-refractivity contribution in [3.63, 3.8) is 0 Å². The van der Waals surface area contributed by atoms with Crippen molar-refractivity contribution in [1.29, 1.82) is 0 Å². The van der Waals surface area contributed by atoms with Crippen LogP contribution >= 0.6 is 38.6 Å². The molecular formula is C13H13BrN2O2S2. The Morgan fingerprint density at radius 2 is 2.35 bits per heavy atom. The van der Waals surface area contributed by atoms with Crippen molar-refractivity contribution in [2.24, 2.45) is 0 Å². The number of nitrogens with zero attached hydrogens (tertiary/aromatic N) is 2. The van der Waals surface area contributed by atoms with Gasteiger partial charge in [-0.1, -0.05) is 0 Å². The second-order valence-electron chi connectivity index (χ2n) is 4.29. The molecule has 0 amide bonds. The molecule has 3 aromatic rings. The Morgan fingerprint density at radius 1 is 1.50 bits per heavy atom. The smallest absolute Gasteiger partial charge is 0.131 e. The zero-order valence-electron chi connectivity index (χ0n) is 10.7. The molecule has 20 heavy (non-hydrogen) atoms. The Bertz CT molecular complexity index is 690. The summed E-state index contributed by atoms with van der Waals surface area (Å²) in [5.41, 5.74) is 0.774. The SMILES string of the molecule is COCCn1ncc(Br)c1C(O)c1cc2sccc2s1. The third-order valence-electron chi connectivity index (χ3n) is 3.03. The zero-order chi connectivity index (χ0) is 14.1. The number of ether oxygens (including phenoxy) is 1. The van der Waals surface area contributed by atoms with Crippen molar-refractivity contribution < 1.29 is 9.84 Å². The maximum atomic E-state index is 10.6. The van der Waals surface area contributed by atoms with Crippen LogP contribution in [0.2, 0.25) is 0 Å². The predicted octanol–water partition coefficient (Wildman–Crippen LogP) is 3.65. The van der Waals surface area contributed by atoms with Crippen LogP contribution in [0, 0.1) is 0 Å². The summed E-state index contributed by atoms with van der Waals surface area (Å²) in [7, 11) is 1.65. The van der Waals surface area contributed by atoms with E-state index >= 15 is 0 Å². The molecule has 0 aliphatic carbocycles. The van der Waals surface area contributed by atoms with Crippen LogP contribution in [0.5, 0.6) is 0 Å². The van der Waals surface area contributed by atoms with Gasteiger partial charge < -0.3 is 9.84 Å². The van der Waals surface area contributed by atoms with Crippen LogP contribution in [0.15, 0.2) is 28.2 Å². The quantitative estimate of drug-likeness (QED) is 0.743. The van der Waals surface area contributed by atoms with E-state index in [-0.39, 0.29) is 0 Å². The highest BCUT2D eigenvalue weighted by Gasteiger charge is 2.21. The number of hydrogen-bond acceptors (Lipinski definition) is 5. The second kappa shape index (κ2) is 5.95. The van der Waals surface area contributed by atoms with E-state index in [1.54, 1.807) is 40.7 Å². The first kappa shape index (κ1) is 14.2. The summed E-state index contributed by atoms with van der Waals surface area (Å²) in [6, 6.07) is 4.13. The largest absolute Gasteiger partial charge is 0.383 e. The van der Waals surface area contributed by atoms with Gasteiger partial charge in [0, 0.05) is 21.4 Å². The molecule has 3 heterocycles. The summed E-state index contributed by atoms with van der Waals surface area (Å²) < 4.78 is 10.1. The summed E-state index contributed by atoms with van der Waals surface area (Å²) in [4.78, 5) is 0.937.